The van der Waals surface area contributed by atoms with Gasteiger partial charge >= 0.3 is 5.97 Å². The molecule has 0 spiro atoms. The molecule has 0 unspecified atom stereocenters. The molecule has 0 radical (unpaired) electrons. The summed E-state index contributed by atoms with van der Waals surface area (Å²) in [6.45, 7) is 3.96. The fourth-order valence-electron chi connectivity index (χ4n) is 2.26. The zero-order chi connectivity index (χ0) is 18.7. The molecule has 6 heteroatoms. The summed E-state index contributed by atoms with van der Waals surface area (Å²) in [5.74, 6) is -0.240. The monoisotopic (exact) mass is 350 g/mol. The largest absolute Gasteiger partial charge is 0.497 e. The minimum Gasteiger partial charge on any atom is -0.497 e. The number of rotatable bonds is 12. The number of allylic oxidation sites excluding steroid dienone is 1. The van der Waals surface area contributed by atoms with Crippen molar-refractivity contribution in [3.8, 4) is 5.75 Å². The van der Waals surface area contributed by atoms with Gasteiger partial charge in [0, 0.05) is 6.42 Å². The fourth-order valence-corrected chi connectivity index (χ4v) is 2.26. The van der Waals surface area contributed by atoms with Gasteiger partial charge in [-0.1, -0.05) is 18.2 Å². The maximum Gasteiger partial charge on any atom is 0.313 e. The second-order valence-corrected chi connectivity index (χ2v) is 5.63. The highest BCUT2D eigenvalue weighted by Crippen LogP contribution is 2.17. The van der Waals surface area contributed by atoms with Crippen molar-refractivity contribution in [3.63, 3.8) is 0 Å². The SMILES string of the molecule is C=CCC[C@@H](OCc1ccc(OC)cc1)[C@H](O)CC(=O)CC(=O)OC. The fraction of sp³-hybridized carbons (Fsp3) is 0.474. The first-order chi connectivity index (χ1) is 12.0. The normalized spacial score (nSPS) is 12.9. The molecule has 2 atom stereocenters. The predicted octanol–water partition coefficient (Wildman–Crippen LogP) is 2.43. The molecular weight excluding hydrogens is 324 g/mol. The topological polar surface area (TPSA) is 82.1 Å². The molecule has 25 heavy (non-hydrogen) atoms. The van der Waals surface area contributed by atoms with Crippen LogP contribution in [0.15, 0.2) is 36.9 Å². The highest BCUT2D eigenvalue weighted by atomic mass is 16.5. The van der Waals surface area contributed by atoms with Gasteiger partial charge in [0.2, 0.25) is 0 Å². The number of hydrogen-bond acceptors (Lipinski definition) is 6. The highest BCUT2D eigenvalue weighted by Gasteiger charge is 2.23. The molecule has 138 valence electrons. The van der Waals surface area contributed by atoms with E-state index in [-0.39, 0.29) is 18.6 Å². The van der Waals surface area contributed by atoms with E-state index >= 15 is 0 Å². The number of methoxy groups -OCH3 is 2. The number of carbonyl (C=O) groups is 2. The van der Waals surface area contributed by atoms with Crippen LogP contribution in [0, 0.1) is 0 Å². The van der Waals surface area contributed by atoms with Crippen molar-refractivity contribution in [3.05, 3.63) is 42.5 Å². The van der Waals surface area contributed by atoms with E-state index < -0.39 is 18.2 Å². The minimum atomic E-state index is -0.990. The second kappa shape index (κ2) is 11.4. The van der Waals surface area contributed by atoms with Gasteiger partial charge in [-0.05, 0) is 30.5 Å². The van der Waals surface area contributed by atoms with Gasteiger partial charge in [0.1, 0.15) is 18.0 Å². The predicted molar refractivity (Wildman–Crippen MR) is 93.3 cm³/mol. The van der Waals surface area contributed by atoms with E-state index in [1.807, 2.05) is 24.3 Å². The lowest BCUT2D eigenvalue weighted by Gasteiger charge is -2.23. The molecule has 0 bridgehead atoms. The van der Waals surface area contributed by atoms with Crippen LogP contribution in [0.2, 0.25) is 0 Å². The highest BCUT2D eigenvalue weighted by molar-refractivity contribution is 5.95. The third kappa shape index (κ3) is 7.96. The van der Waals surface area contributed by atoms with Gasteiger partial charge in [-0.15, -0.1) is 6.58 Å². The number of aliphatic hydroxyl groups is 1. The van der Waals surface area contributed by atoms with E-state index in [2.05, 4.69) is 11.3 Å². The summed E-state index contributed by atoms with van der Waals surface area (Å²) in [7, 11) is 2.81. The Bertz CT molecular complexity index is 552. The molecule has 1 aromatic carbocycles. The molecule has 1 N–H and O–H groups in total. The molecule has 0 fully saturated rings. The summed E-state index contributed by atoms with van der Waals surface area (Å²) >= 11 is 0. The van der Waals surface area contributed by atoms with E-state index in [1.54, 1.807) is 13.2 Å². The van der Waals surface area contributed by atoms with Gasteiger partial charge in [-0.3, -0.25) is 9.59 Å². The lowest BCUT2D eigenvalue weighted by atomic mass is 10.0. The van der Waals surface area contributed by atoms with Crippen molar-refractivity contribution >= 4 is 11.8 Å². The third-order valence-corrected chi connectivity index (χ3v) is 3.71. The van der Waals surface area contributed by atoms with E-state index in [4.69, 9.17) is 9.47 Å². The summed E-state index contributed by atoms with van der Waals surface area (Å²) < 4.78 is 15.4. The van der Waals surface area contributed by atoms with E-state index in [0.717, 1.165) is 11.3 Å². The molecule has 0 amide bonds. The Hall–Kier alpha value is -2.18. The molecule has 6 nitrogen and oxygen atoms in total. The molecule has 0 saturated carbocycles. The van der Waals surface area contributed by atoms with Crippen molar-refractivity contribution in [1.29, 1.82) is 0 Å². The van der Waals surface area contributed by atoms with Crippen LogP contribution >= 0.6 is 0 Å². The van der Waals surface area contributed by atoms with Gasteiger partial charge in [-0.2, -0.15) is 0 Å². The summed E-state index contributed by atoms with van der Waals surface area (Å²) in [6.07, 6.45) is 0.894. The number of hydrogen-bond donors (Lipinski definition) is 1. The van der Waals surface area contributed by atoms with Gasteiger partial charge in [-0.25, -0.2) is 0 Å². The molecule has 1 aromatic rings. The Balaban J connectivity index is 2.60. The molecule has 1 rings (SSSR count). The third-order valence-electron chi connectivity index (χ3n) is 3.71. The van der Waals surface area contributed by atoms with Crippen LogP contribution in [0.4, 0.5) is 0 Å². The maximum atomic E-state index is 11.8. The van der Waals surface area contributed by atoms with Crippen molar-refractivity contribution in [1.82, 2.24) is 0 Å². The molecule has 0 aliphatic heterocycles. The van der Waals surface area contributed by atoms with E-state index in [0.29, 0.717) is 19.4 Å². The molecule has 0 aliphatic rings. The number of aliphatic hydroxyl groups excluding tert-OH is 1. The Labute approximate surface area is 148 Å². The molecule has 0 heterocycles. The smallest absolute Gasteiger partial charge is 0.313 e. The zero-order valence-corrected chi connectivity index (χ0v) is 14.8. The average Bonchev–Trinajstić information content (AvgIpc) is 2.61. The zero-order valence-electron chi connectivity index (χ0n) is 14.8. The van der Waals surface area contributed by atoms with Crippen LogP contribution in [0.5, 0.6) is 5.75 Å². The molecule has 0 aliphatic carbocycles. The number of ketones is 1. The number of carbonyl (C=O) groups excluding carboxylic acids is 2. The van der Waals surface area contributed by atoms with E-state index in [1.165, 1.54) is 7.11 Å². The van der Waals surface area contributed by atoms with Crippen molar-refractivity contribution < 1.29 is 28.9 Å². The van der Waals surface area contributed by atoms with Crippen LogP contribution in [0.25, 0.3) is 0 Å². The second-order valence-electron chi connectivity index (χ2n) is 5.63. The van der Waals surface area contributed by atoms with Crippen molar-refractivity contribution in [2.75, 3.05) is 14.2 Å². The molecular formula is C19H26O6. The standard InChI is InChI=1S/C19H26O6/c1-4-5-6-18(17(21)11-15(20)12-19(22)24-3)25-13-14-7-9-16(23-2)10-8-14/h4,7-10,17-18,21H,1,5-6,11-13H2,2-3H3/t17-,18-/m1/s1. The van der Waals surface area contributed by atoms with Crippen LogP contribution < -0.4 is 4.74 Å². The molecule has 0 saturated heterocycles. The van der Waals surface area contributed by atoms with Gasteiger partial charge in [0.05, 0.1) is 33.0 Å². The Kier molecular flexibility index (Phi) is 9.50. The first-order valence-electron chi connectivity index (χ1n) is 8.12. The number of benzene rings is 1. The number of Topliss-reactive ketones (excluding diaryl/α,β-unsaturated/α-hetero) is 1. The van der Waals surface area contributed by atoms with Crippen molar-refractivity contribution in [2.24, 2.45) is 0 Å². The van der Waals surface area contributed by atoms with Crippen LogP contribution in [-0.2, 0) is 25.7 Å². The molecule has 0 aromatic heterocycles. The summed E-state index contributed by atoms with van der Waals surface area (Å²) in [6, 6.07) is 7.40. The van der Waals surface area contributed by atoms with Crippen molar-refractivity contribution in [2.45, 2.75) is 44.5 Å². The van der Waals surface area contributed by atoms with Crippen LogP contribution in [-0.4, -0.2) is 43.3 Å². The lowest BCUT2D eigenvalue weighted by molar-refractivity contribution is -0.144. The first-order valence-corrected chi connectivity index (χ1v) is 8.12. The Morgan fingerprint density at radius 2 is 1.92 bits per heavy atom. The van der Waals surface area contributed by atoms with Crippen LogP contribution in [0.1, 0.15) is 31.2 Å². The maximum absolute atomic E-state index is 11.8. The number of ether oxygens (including phenoxy) is 3. The Morgan fingerprint density at radius 1 is 1.24 bits per heavy atom. The summed E-state index contributed by atoms with van der Waals surface area (Å²) in [4.78, 5) is 22.9. The summed E-state index contributed by atoms with van der Waals surface area (Å²) in [5.41, 5.74) is 0.928. The summed E-state index contributed by atoms with van der Waals surface area (Å²) in [5, 5.41) is 10.3. The van der Waals surface area contributed by atoms with Crippen LogP contribution in [0.3, 0.4) is 0 Å². The Morgan fingerprint density at radius 3 is 2.48 bits per heavy atom. The van der Waals surface area contributed by atoms with Gasteiger partial charge in [0.15, 0.2) is 0 Å². The van der Waals surface area contributed by atoms with Gasteiger partial charge in [0.25, 0.3) is 0 Å². The minimum absolute atomic E-state index is 0.153. The van der Waals surface area contributed by atoms with E-state index in [9.17, 15) is 14.7 Å². The van der Waals surface area contributed by atoms with Gasteiger partial charge < -0.3 is 19.3 Å². The number of esters is 1. The quantitative estimate of drug-likeness (QED) is 0.354. The average molecular weight is 350 g/mol. The first kappa shape index (κ1) is 20.9. The lowest BCUT2D eigenvalue weighted by Crippen LogP contribution is -2.31.